The maximum atomic E-state index is 13.6. The molecule has 0 unspecified atom stereocenters. The normalized spacial score (nSPS) is 18.6. The van der Waals surface area contributed by atoms with Crippen molar-refractivity contribution in [3.63, 3.8) is 0 Å². The SMILES string of the molecule is CCCn1c(C)nnc1-c1cccc(N2Cc3c(cc(N4CCC[C@H]4C)nc3[C@@H](C)N)C2=O)n1. The minimum Gasteiger partial charge on any atom is -0.354 e. The van der Waals surface area contributed by atoms with Gasteiger partial charge in [0, 0.05) is 30.7 Å². The molecular formula is C25H32N8O. The molecule has 9 heteroatoms. The Hall–Kier alpha value is -3.33. The first kappa shape index (κ1) is 22.5. The molecule has 0 saturated carbocycles. The van der Waals surface area contributed by atoms with Crippen molar-refractivity contribution in [2.24, 2.45) is 5.73 Å². The Morgan fingerprint density at radius 3 is 2.74 bits per heavy atom. The van der Waals surface area contributed by atoms with Crippen molar-refractivity contribution in [1.82, 2.24) is 24.7 Å². The van der Waals surface area contributed by atoms with Gasteiger partial charge in [-0.15, -0.1) is 10.2 Å². The standard InChI is InChI=1S/C25H32N8O/c1-5-11-32-17(4)29-30-24(32)20-9-6-10-21(27-20)33-14-19-18(25(33)34)13-22(28-23(19)16(3)26)31-12-7-8-15(31)2/h6,9-10,13,15-16H,5,7-8,11-12,14,26H2,1-4H3/t15-,16-/m1/s1. The number of fused-ring (bicyclic) bond motifs is 1. The van der Waals surface area contributed by atoms with Crippen LogP contribution < -0.4 is 15.5 Å². The van der Waals surface area contributed by atoms with Crippen LogP contribution in [0.4, 0.5) is 11.6 Å². The van der Waals surface area contributed by atoms with Gasteiger partial charge >= 0.3 is 0 Å². The molecular weight excluding hydrogens is 428 g/mol. The van der Waals surface area contributed by atoms with E-state index >= 15 is 0 Å². The average molecular weight is 461 g/mol. The van der Waals surface area contributed by atoms with E-state index in [1.165, 1.54) is 0 Å². The van der Waals surface area contributed by atoms with Gasteiger partial charge in [0.1, 0.15) is 23.2 Å². The molecule has 2 N–H and O–H groups in total. The van der Waals surface area contributed by atoms with Crippen molar-refractivity contribution in [1.29, 1.82) is 0 Å². The number of pyridine rings is 2. The molecule has 1 amide bonds. The fourth-order valence-corrected chi connectivity index (χ4v) is 5.05. The highest BCUT2D eigenvalue weighted by atomic mass is 16.2. The van der Waals surface area contributed by atoms with Crippen LogP contribution in [0.5, 0.6) is 0 Å². The maximum Gasteiger partial charge on any atom is 0.260 e. The summed E-state index contributed by atoms with van der Waals surface area (Å²) in [4.78, 5) is 27.3. The smallest absolute Gasteiger partial charge is 0.260 e. The number of anilines is 2. The van der Waals surface area contributed by atoms with Gasteiger partial charge in [-0.2, -0.15) is 0 Å². The molecule has 0 radical (unpaired) electrons. The summed E-state index contributed by atoms with van der Waals surface area (Å²) >= 11 is 0. The molecule has 0 spiro atoms. The molecule has 1 fully saturated rings. The third kappa shape index (κ3) is 3.73. The fourth-order valence-electron chi connectivity index (χ4n) is 5.05. The van der Waals surface area contributed by atoms with Crippen LogP contribution in [0.3, 0.4) is 0 Å². The topological polar surface area (TPSA) is 106 Å². The van der Waals surface area contributed by atoms with Crippen LogP contribution in [0.1, 0.15) is 73.5 Å². The number of aryl methyl sites for hydroxylation is 1. The first-order valence-electron chi connectivity index (χ1n) is 12.1. The number of nitrogens with two attached hydrogens (primary N) is 1. The second kappa shape index (κ2) is 8.79. The molecule has 5 rings (SSSR count). The fraction of sp³-hybridized carbons (Fsp3) is 0.480. The van der Waals surface area contributed by atoms with Gasteiger partial charge in [-0.05, 0) is 58.2 Å². The van der Waals surface area contributed by atoms with Crippen LogP contribution in [-0.4, -0.2) is 43.2 Å². The van der Waals surface area contributed by atoms with Gasteiger partial charge in [0.2, 0.25) is 0 Å². The lowest BCUT2D eigenvalue weighted by atomic mass is 10.0. The van der Waals surface area contributed by atoms with Crippen molar-refractivity contribution < 1.29 is 4.79 Å². The largest absolute Gasteiger partial charge is 0.354 e. The number of hydrogen-bond donors (Lipinski definition) is 1. The molecule has 178 valence electrons. The van der Waals surface area contributed by atoms with E-state index in [4.69, 9.17) is 15.7 Å². The Morgan fingerprint density at radius 2 is 2.03 bits per heavy atom. The third-order valence-corrected chi connectivity index (χ3v) is 6.84. The van der Waals surface area contributed by atoms with Crippen molar-refractivity contribution in [2.75, 3.05) is 16.3 Å². The first-order valence-corrected chi connectivity index (χ1v) is 12.1. The molecule has 2 aliphatic rings. The summed E-state index contributed by atoms with van der Waals surface area (Å²) in [7, 11) is 0. The van der Waals surface area contributed by atoms with E-state index in [1.807, 2.05) is 38.1 Å². The van der Waals surface area contributed by atoms with Gasteiger partial charge < -0.3 is 15.2 Å². The van der Waals surface area contributed by atoms with Crippen LogP contribution in [0.25, 0.3) is 11.5 Å². The zero-order chi connectivity index (χ0) is 24.0. The van der Waals surface area contributed by atoms with Crippen molar-refractivity contribution in [3.05, 3.63) is 46.9 Å². The average Bonchev–Trinajstić information content (AvgIpc) is 3.51. The van der Waals surface area contributed by atoms with Gasteiger partial charge in [-0.3, -0.25) is 9.69 Å². The molecule has 0 bridgehead atoms. The summed E-state index contributed by atoms with van der Waals surface area (Å²) in [5.41, 5.74) is 9.38. The molecule has 3 aromatic heterocycles. The van der Waals surface area contributed by atoms with E-state index in [-0.39, 0.29) is 11.9 Å². The summed E-state index contributed by atoms with van der Waals surface area (Å²) in [6.07, 6.45) is 3.23. The quantitative estimate of drug-likeness (QED) is 0.599. The summed E-state index contributed by atoms with van der Waals surface area (Å²) < 4.78 is 2.06. The number of hydrogen-bond acceptors (Lipinski definition) is 7. The predicted octanol–water partition coefficient (Wildman–Crippen LogP) is 3.62. The third-order valence-electron chi connectivity index (χ3n) is 6.84. The molecule has 2 aliphatic heterocycles. The number of carbonyl (C=O) groups is 1. The molecule has 0 aliphatic carbocycles. The second-order valence-electron chi connectivity index (χ2n) is 9.36. The van der Waals surface area contributed by atoms with E-state index in [9.17, 15) is 4.79 Å². The minimum absolute atomic E-state index is 0.0664. The number of rotatable bonds is 6. The predicted molar refractivity (Wildman–Crippen MR) is 132 cm³/mol. The molecule has 5 heterocycles. The lowest BCUT2D eigenvalue weighted by Crippen LogP contribution is -2.28. The van der Waals surface area contributed by atoms with Crippen LogP contribution >= 0.6 is 0 Å². The lowest BCUT2D eigenvalue weighted by molar-refractivity contribution is 0.0996. The van der Waals surface area contributed by atoms with Crippen LogP contribution in [-0.2, 0) is 13.1 Å². The maximum absolute atomic E-state index is 13.6. The van der Waals surface area contributed by atoms with E-state index in [0.717, 1.165) is 55.3 Å². The highest BCUT2D eigenvalue weighted by Crippen LogP contribution is 2.35. The molecule has 2 atom stereocenters. The number of nitrogens with zero attached hydrogens (tertiary/aromatic N) is 7. The van der Waals surface area contributed by atoms with Crippen molar-refractivity contribution >= 4 is 17.5 Å². The summed E-state index contributed by atoms with van der Waals surface area (Å²) in [6.45, 7) is 10.4. The molecule has 34 heavy (non-hydrogen) atoms. The highest BCUT2D eigenvalue weighted by molar-refractivity contribution is 6.10. The second-order valence-corrected chi connectivity index (χ2v) is 9.36. The molecule has 0 aromatic carbocycles. The van der Waals surface area contributed by atoms with Crippen molar-refractivity contribution in [3.8, 4) is 11.5 Å². The van der Waals surface area contributed by atoms with Gasteiger partial charge in [-0.25, -0.2) is 9.97 Å². The number of amides is 1. The van der Waals surface area contributed by atoms with Crippen LogP contribution in [0, 0.1) is 6.92 Å². The Balaban J connectivity index is 1.52. The Morgan fingerprint density at radius 1 is 1.21 bits per heavy atom. The van der Waals surface area contributed by atoms with Gasteiger partial charge in [0.05, 0.1) is 17.8 Å². The molecule has 1 saturated heterocycles. The number of carbonyl (C=O) groups excluding carboxylic acids is 1. The summed E-state index contributed by atoms with van der Waals surface area (Å²) in [5.74, 6) is 2.94. The Labute approximate surface area is 200 Å². The van der Waals surface area contributed by atoms with E-state index in [0.29, 0.717) is 35.5 Å². The Bertz CT molecular complexity index is 1230. The highest BCUT2D eigenvalue weighted by Gasteiger charge is 2.35. The first-order chi connectivity index (χ1) is 16.4. The monoisotopic (exact) mass is 460 g/mol. The molecule has 3 aromatic rings. The van der Waals surface area contributed by atoms with E-state index in [1.54, 1.807) is 4.90 Å². The summed E-state index contributed by atoms with van der Waals surface area (Å²) in [5, 5.41) is 8.58. The minimum atomic E-state index is -0.269. The summed E-state index contributed by atoms with van der Waals surface area (Å²) in [6, 6.07) is 7.76. The van der Waals surface area contributed by atoms with Crippen LogP contribution in [0.15, 0.2) is 24.3 Å². The molecule has 9 nitrogen and oxygen atoms in total. The zero-order valence-electron chi connectivity index (χ0n) is 20.3. The van der Waals surface area contributed by atoms with Gasteiger partial charge in [-0.1, -0.05) is 13.0 Å². The number of aromatic nitrogens is 5. The van der Waals surface area contributed by atoms with E-state index in [2.05, 4.69) is 33.5 Å². The zero-order valence-corrected chi connectivity index (χ0v) is 20.3. The van der Waals surface area contributed by atoms with Gasteiger partial charge in [0.25, 0.3) is 5.91 Å². The van der Waals surface area contributed by atoms with Crippen LogP contribution in [0.2, 0.25) is 0 Å². The Kier molecular flexibility index (Phi) is 5.81. The van der Waals surface area contributed by atoms with Crippen molar-refractivity contribution in [2.45, 2.75) is 72.1 Å². The van der Waals surface area contributed by atoms with Gasteiger partial charge in [0.15, 0.2) is 5.82 Å². The lowest BCUT2D eigenvalue weighted by Gasteiger charge is -2.24. The van der Waals surface area contributed by atoms with E-state index < -0.39 is 0 Å².